The summed E-state index contributed by atoms with van der Waals surface area (Å²) in [5, 5.41) is 11.6. The minimum Gasteiger partial charge on any atom is -0.481 e. The third-order valence-corrected chi connectivity index (χ3v) is 2.85. The molecule has 0 saturated carbocycles. The SMILES string of the molecule is Cc1cncc(C(=O)NC2COCC2C(=O)O)c1. The molecule has 1 fully saturated rings. The van der Waals surface area contributed by atoms with Crippen molar-refractivity contribution in [2.45, 2.75) is 13.0 Å². The number of hydrogen-bond donors (Lipinski definition) is 2. The first-order valence-electron chi connectivity index (χ1n) is 5.61. The topological polar surface area (TPSA) is 88.5 Å². The first-order valence-corrected chi connectivity index (χ1v) is 5.61. The monoisotopic (exact) mass is 250 g/mol. The fraction of sp³-hybridized carbons (Fsp3) is 0.417. The summed E-state index contributed by atoms with van der Waals surface area (Å²) in [5.74, 6) is -1.97. The molecule has 2 N–H and O–H groups in total. The molecule has 18 heavy (non-hydrogen) atoms. The van der Waals surface area contributed by atoms with Gasteiger partial charge in [-0.05, 0) is 18.6 Å². The van der Waals surface area contributed by atoms with E-state index in [9.17, 15) is 9.59 Å². The van der Waals surface area contributed by atoms with Crippen LogP contribution < -0.4 is 5.32 Å². The fourth-order valence-corrected chi connectivity index (χ4v) is 1.87. The highest BCUT2D eigenvalue weighted by atomic mass is 16.5. The molecule has 1 aromatic heterocycles. The Morgan fingerprint density at radius 2 is 2.22 bits per heavy atom. The van der Waals surface area contributed by atoms with E-state index < -0.39 is 17.9 Å². The molecule has 96 valence electrons. The summed E-state index contributed by atoms with van der Waals surface area (Å²) in [7, 11) is 0. The van der Waals surface area contributed by atoms with Crippen LogP contribution >= 0.6 is 0 Å². The highest BCUT2D eigenvalue weighted by Crippen LogP contribution is 2.14. The van der Waals surface area contributed by atoms with Gasteiger partial charge in [-0.25, -0.2) is 0 Å². The fourth-order valence-electron chi connectivity index (χ4n) is 1.87. The molecule has 6 heteroatoms. The van der Waals surface area contributed by atoms with Gasteiger partial charge in [0.15, 0.2) is 0 Å². The normalized spacial score (nSPS) is 22.7. The number of aromatic nitrogens is 1. The van der Waals surface area contributed by atoms with Crippen LogP contribution in [0, 0.1) is 12.8 Å². The second kappa shape index (κ2) is 5.14. The number of rotatable bonds is 3. The second-order valence-corrected chi connectivity index (χ2v) is 4.31. The number of ether oxygens (including phenoxy) is 1. The van der Waals surface area contributed by atoms with E-state index in [2.05, 4.69) is 10.3 Å². The lowest BCUT2D eigenvalue weighted by atomic mass is 10.0. The Labute approximate surface area is 104 Å². The van der Waals surface area contributed by atoms with Gasteiger partial charge in [0.25, 0.3) is 5.91 Å². The first-order chi connectivity index (χ1) is 8.58. The number of carbonyl (C=O) groups excluding carboxylic acids is 1. The Kier molecular flexibility index (Phi) is 3.57. The van der Waals surface area contributed by atoms with Gasteiger partial charge >= 0.3 is 5.97 Å². The Morgan fingerprint density at radius 3 is 2.89 bits per heavy atom. The minimum absolute atomic E-state index is 0.131. The quantitative estimate of drug-likeness (QED) is 0.801. The maximum Gasteiger partial charge on any atom is 0.311 e. The molecule has 2 heterocycles. The van der Waals surface area contributed by atoms with Gasteiger partial charge in [-0.1, -0.05) is 0 Å². The van der Waals surface area contributed by atoms with Crippen molar-refractivity contribution in [1.29, 1.82) is 0 Å². The van der Waals surface area contributed by atoms with E-state index in [0.29, 0.717) is 5.56 Å². The number of pyridine rings is 1. The summed E-state index contributed by atoms with van der Waals surface area (Å²) in [6, 6.07) is 1.21. The average molecular weight is 250 g/mol. The standard InChI is InChI=1S/C12H14N2O4/c1-7-2-8(4-13-3-7)11(15)14-10-6-18-5-9(10)12(16)17/h2-4,9-10H,5-6H2,1H3,(H,14,15)(H,16,17). The third kappa shape index (κ3) is 2.65. The minimum atomic E-state index is -0.958. The molecule has 0 aromatic carbocycles. The van der Waals surface area contributed by atoms with Crippen LogP contribution in [0.15, 0.2) is 18.5 Å². The van der Waals surface area contributed by atoms with Crippen LogP contribution in [0.2, 0.25) is 0 Å². The summed E-state index contributed by atoms with van der Waals surface area (Å²) < 4.78 is 5.08. The number of aliphatic carboxylic acids is 1. The highest BCUT2D eigenvalue weighted by molar-refractivity contribution is 5.94. The van der Waals surface area contributed by atoms with Crippen LogP contribution in [0.3, 0.4) is 0 Å². The molecule has 1 amide bonds. The first kappa shape index (κ1) is 12.5. The highest BCUT2D eigenvalue weighted by Gasteiger charge is 2.35. The van der Waals surface area contributed by atoms with E-state index >= 15 is 0 Å². The zero-order valence-corrected chi connectivity index (χ0v) is 9.92. The smallest absolute Gasteiger partial charge is 0.311 e. The van der Waals surface area contributed by atoms with E-state index in [1.165, 1.54) is 6.20 Å². The van der Waals surface area contributed by atoms with Crippen LogP contribution in [-0.2, 0) is 9.53 Å². The maximum atomic E-state index is 11.9. The zero-order valence-electron chi connectivity index (χ0n) is 9.92. The largest absolute Gasteiger partial charge is 0.481 e. The number of carbonyl (C=O) groups is 2. The molecule has 0 spiro atoms. The second-order valence-electron chi connectivity index (χ2n) is 4.31. The van der Waals surface area contributed by atoms with Gasteiger partial charge < -0.3 is 15.2 Å². The molecule has 0 radical (unpaired) electrons. The molecule has 2 unspecified atom stereocenters. The molecule has 1 saturated heterocycles. The molecule has 1 aromatic rings. The number of carboxylic acid groups (broad SMARTS) is 1. The van der Waals surface area contributed by atoms with Gasteiger partial charge in [0.05, 0.1) is 24.8 Å². The summed E-state index contributed by atoms with van der Waals surface area (Å²) in [5.41, 5.74) is 1.30. The number of carboxylic acids is 1. The number of nitrogens with one attached hydrogen (secondary N) is 1. The van der Waals surface area contributed by atoms with Crippen molar-refractivity contribution < 1.29 is 19.4 Å². The summed E-state index contributed by atoms with van der Waals surface area (Å²) in [6.07, 6.45) is 3.10. The molecular weight excluding hydrogens is 236 g/mol. The van der Waals surface area contributed by atoms with Crippen LogP contribution in [0.4, 0.5) is 0 Å². The van der Waals surface area contributed by atoms with Gasteiger partial charge in [0, 0.05) is 12.4 Å². The lowest BCUT2D eigenvalue weighted by molar-refractivity contribution is -0.142. The van der Waals surface area contributed by atoms with Crippen molar-refractivity contribution in [2.75, 3.05) is 13.2 Å². The number of amides is 1. The van der Waals surface area contributed by atoms with E-state index in [1.54, 1.807) is 12.3 Å². The van der Waals surface area contributed by atoms with Gasteiger partial charge in [0.1, 0.15) is 5.92 Å². The number of aryl methyl sites for hydroxylation is 1. The van der Waals surface area contributed by atoms with Crippen LogP contribution in [-0.4, -0.2) is 41.2 Å². The van der Waals surface area contributed by atoms with Crippen molar-refractivity contribution in [2.24, 2.45) is 5.92 Å². The number of nitrogens with zero attached hydrogens (tertiary/aromatic N) is 1. The molecule has 1 aliphatic heterocycles. The van der Waals surface area contributed by atoms with Crippen molar-refractivity contribution in [3.05, 3.63) is 29.6 Å². The molecule has 6 nitrogen and oxygen atoms in total. The van der Waals surface area contributed by atoms with E-state index in [4.69, 9.17) is 9.84 Å². The van der Waals surface area contributed by atoms with Gasteiger partial charge in [-0.3, -0.25) is 14.6 Å². The van der Waals surface area contributed by atoms with E-state index in [0.717, 1.165) is 5.56 Å². The lowest BCUT2D eigenvalue weighted by Gasteiger charge is -2.15. The summed E-state index contributed by atoms with van der Waals surface area (Å²) >= 11 is 0. The van der Waals surface area contributed by atoms with Gasteiger partial charge in [0.2, 0.25) is 0 Å². The molecule has 2 rings (SSSR count). The predicted octanol–water partition coefficient (Wildman–Crippen LogP) is 0.219. The van der Waals surface area contributed by atoms with E-state index in [1.807, 2.05) is 6.92 Å². The Bertz CT molecular complexity index is 475. The van der Waals surface area contributed by atoms with Crippen molar-refractivity contribution in [3.63, 3.8) is 0 Å². The Morgan fingerprint density at radius 1 is 1.44 bits per heavy atom. The third-order valence-electron chi connectivity index (χ3n) is 2.85. The van der Waals surface area contributed by atoms with Crippen LogP contribution in [0.1, 0.15) is 15.9 Å². The maximum absolute atomic E-state index is 11.9. The summed E-state index contributed by atoms with van der Waals surface area (Å²) in [4.78, 5) is 26.8. The van der Waals surface area contributed by atoms with Crippen LogP contribution in [0.25, 0.3) is 0 Å². The Balaban J connectivity index is 2.05. The summed E-state index contributed by atoms with van der Waals surface area (Å²) in [6.45, 7) is 2.19. The zero-order chi connectivity index (χ0) is 13.1. The molecule has 2 atom stereocenters. The molecule has 1 aliphatic rings. The Hall–Kier alpha value is -1.95. The van der Waals surface area contributed by atoms with Gasteiger partial charge in [-0.15, -0.1) is 0 Å². The van der Waals surface area contributed by atoms with Crippen molar-refractivity contribution in [3.8, 4) is 0 Å². The van der Waals surface area contributed by atoms with Crippen LogP contribution in [0.5, 0.6) is 0 Å². The van der Waals surface area contributed by atoms with Gasteiger partial charge in [-0.2, -0.15) is 0 Å². The molecule has 0 bridgehead atoms. The lowest BCUT2D eigenvalue weighted by Crippen LogP contribution is -2.42. The van der Waals surface area contributed by atoms with Crippen molar-refractivity contribution in [1.82, 2.24) is 10.3 Å². The van der Waals surface area contributed by atoms with E-state index in [-0.39, 0.29) is 19.1 Å². The van der Waals surface area contributed by atoms with Crippen molar-refractivity contribution >= 4 is 11.9 Å². The molecule has 0 aliphatic carbocycles. The predicted molar refractivity (Wildman–Crippen MR) is 62.2 cm³/mol. The number of hydrogen-bond acceptors (Lipinski definition) is 4. The average Bonchev–Trinajstić information content (AvgIpc) is 2.77. The molecular formula is C12H14N2O4.